The first kappa shape index (κ1) is 14.5. The number of hydrogen-bond acceptors (Lipinski definition) is 3. The Morgan fingerprint density at radius 3 is 2.72 bits per heavy atom. The van der Waals surface area contributed by atoms with E-state index in [0.717, 1.165) is 51.8 Å². The van der Waals surface area contributed by atoms with Crippen LogP contribution in [0.2, 0.25) is 0 Å². The summed E-state index contributed by atoms with van der Waals surface area (Å²) >= 11 is 0. The summed E-state index contributed by atoms with van der Waals surface area (Å²) in [5.74, 6) is 0.770. The van der Waals surface area contributed by atoms with Gasteiger partial charge in [0.1, 0.15) is 6.10 Å². The highest BCUT2D eigenvalue weighted by Crippen LogP contribution is 2.31. The molecule has 3 aromatic heterocycles. The van der Waals surface area contributed by atoms with Crippen molar-refractivity contribution in [1.29, 1.82) is 0 Å². The van der Waals surface area contributed by atoms with Crippen molar-refractivity contribution in [3.63, 3.8) is 0 Å². The molecule has 124 valence electrons. The van der Waals surface area contributed by atoms with E-state index in [9.17, 15) is 0 Å². The molecular formula is C21H19N3O. The smallest absolute Gasteiger partial charge is 0.216 e. The molecule has 4 heteroatoms. The van der Waals surface area contributed by atoms with Crippen molar-refractivity contribution in [2.75, 3.05) is 0 Å². The van der Waals surface area contributed by atoms with Gasteiger partial charge in [-0.25, -0.2) is 4.98 Å². The molecule has 0 spiro atoms. The molecule has 0 unspecified atom stereocenters. The molecular weight excluding hydrogens is 310 g/mol. The maximum atomic E-state index is 5.96. The predicted molar refractivity (Wildman–Crippen MR) is 99.8 cm³/mol. The molecule has 0 amide bonds. The number of fused-ring (bicyclic) bond motifs is 3. The summed E-state index contributed by atoms with van der Waals surface area (Å²) in [6, 6.07) is 10.6. The number of nitrogens with one attached hydrogen (secondary N) is 1. The van der Waals surface area contributed by atoms with Gasteiger partial charge in [0.2, 0.25) is 5.88 Å². The number of H-pyrrole nitrogens is 1. The molecule has 4 aromatic rings. The molecule has 5 rings (SSSR count). The molecule has 1 aliphatic rings. The highest BCUT2D eigenvalue weighted by atomic mass is 16.5. The molecule has 1 N–H and O–H groups in total. The van der Waals surface area contributed by atoms with Gasteiger partial charge in [-0.15, -0.1) is 0 Å². The summed E-state index contributed by atoms with van der Waals surface area (Å²) in [5.41, 5.74) is 5.58. The quantitative estimate of drug-likeness (QED) is 0.574. The molecule has 0 bridgehead atoms. The van der Waals surface area contributed by atoms with Gasteiger partial charge in [0, 0.05) is 51.5 Å². The third-order valence-corrected chi connectivity index (χ3v) is 5.09. The summed E-state index contributed by atoms with van der Waals surface area (Å²) in [6.07, 6.45) is 9.55. The number of nitrogens with zero attached hydrogens (tertiary/aromatic N) is 2. The first-order valence-electron chi connectivity index (χ1n) is 8.77. The van der Waals surface area contributed by atoms with Gasteiger partial charge in [0.15, 0.2) is 0 Å². The topological polar surface area (TPSA) is 50.8 Å². The summed E-state index contributed by atoms with van der Waals surface area (Å²) < 4.78 is 5.96. The van der Waals surface area contributed by atoms with Crippen LogP contribution in [0.4, 0.5) is 0 Å². The van der Waals surface area contributed by atoms with E-state index in [1.165, 1.54) is 11.8 Å². The van der Waals surface area contributed by atoms with Gasteiger partial charge in [-0.3, -0.25) is 4.98 Å². The molecule has 1 saturated carbocycles. The minimum atomic E-state index is 0.355. The summed E-state index contributed by atoms with van der Waals surface area (Å²) in [5, 5.41) is 2.35. The minimum absolute atomic E-state index is 0.355. The SMILES string of the molecule is Cc1cc(-c2ccc3c(c2)[nH]c2ccncc23)cnc1OC1CCC1. The first-order valence-corrected chi connectivity index (χ1v) is 8.77. The maximum absolute atomic E-state index is 5.96. The number of aromatic nitrogens is 3. The molecule has 0 aliphatic heterocycles. The van der Waals surface area contributed by atoms with E-state index in [4.69, 9.17) is 4.74 Å². The van der Waals surface area contributed by atoms with Gasteiger partial charge in [-0.1, -0.05) is 12.1 Å². The van der Waals surface area contributed by atoms with Crippen LogP contribution in [0.1, 0.15) is 24.8 Å². The predicted octanol–water partition coefficient (Wildman–Crippen LogP) is 5.02. The van der Waals surface area contributed by atoms with Gasteiger partial charge in [0.25, 0.3) is 0 Å². The maximum Gasteiger partial charge on any atom is 0.216 e. The van der Waals surface area contributed by atoms with E-state index in [1.54, 1.807) is 0 Å². The Labute approximate surface area is 145 Å². The second-order valence-corrected chi connectivity index (χ2v) is 6.82. The lowest BCUT2D eigenvalue weighted by atomic mass is 9.96. The van der Waals surface area contributed by atoms with Crippen LogP contribution in [0.5, 0.6) is 5.88 Å². The van der Waals surface area contributed by atoms with Crippen molar-refractivity contribution in [2.24, 2.45) is 0 Å². The second kappa shape index (κ2) is 5.59. The fraction of sp³-hybridized carbons (Fsp3) is 0.238. The van der Waals surface area contributed by atoms with E-state index in [0.29, 0.717) is 6.10 Å². The largest absolute Gasteiger partial charge is 0.474 e. The fourth-order valence-corrected chi connectivity index (χ4v) is 3.42. The van der Waals surface area contributed by atoms with Gasteiger partial charge in [-0.2, -0.15) is 0 Å². The minimum Gasteiger partial charge on any atom is -0.474 e. The van der Waals surface area contributed by atoms with Crippen molar-refractivity contribution in [1.82, 2.24) is 15.0 Å². The zero-order valence-corrected chi connectivity index (χ0v) is 14.1. The number of aromatic amines is 1. The normalized spacial score (nSPS) is 14.8. The van der Waals surface area contributed by atoms with E-state index >= 15 is 0 Å². The molecule has 0 atom stereocenters. The first-order chi connectivity index (χ1) is 12.3. The van der Waals surface area contributed by atoms with Crippen molar-refractivity contribution in [2.45, 2.75) is 32.3 Å². The van der Waals surface area contributed by atoms with Gasteiger partial charge < -0.3 is 9.72 Å². The van der Waals surface area contributed by atoms with Crippen LogP contribution in [-0.2, 0) is 0 Å². The zero-order chi connectivity index (χ0) is 16.8. The van der Waals surface area contributed by atoms with E-state index in [1.807, 2.05) is 24.7 Å². The summed E-state index contributed by atoms with van der Waals surface area (Å²) in [4.78, 5) is 12.3. The highest BCUT2D eigenvalue weighted by Gasteiger charge is 2.20. The summed E-state index contributed by atoms with van der Waals surface area (Å²) in [7, 11) is 0. The molecule has 1 aliphatic carbocycles. The highest BCUT2D eigenvalue weighted by molar-refractivity contribution is 6.07. The van der Waals surface area contributed by atoms with Crippen LogP contribution in [0, 0.1) is 6.92 Å². The van der Waals surface area contributed by atoms with Crippen LogP contribution in [0.15, 0.2) is 48.9 Å². The molecule has 25 heavy (non-hydrogen) atoms. The third-order valence-electron chi connectivity index (χ3n) is 5.09. The summed E-state index contributed by atoms with van der Waals surface area (Å²) in [6.45, 7) is 2.07. The van der Waals surface area contributed by atoms with Crippen molar-refractivity contribution < 1.29 is 4.74 Å². The molecule has 0 radical (unpaired) electrons. The van der Waals surface area contributed by atoms with Crippen molar-refractivity contribution in [3.8, 4) is 17.0 Å². The number of aryl methyl sites for hydroxylation is 1. The van der Waals surface area contributed by atoms with E-state index in [-0.39, 0.29) is 0 Å². The lowest BCUT2D eigenvalue weighted by Crippen LogP contribution is -2.25. The molecule has 1 aromatic carbocycles. The van der Waals surface area contributed by atoms with Crippen LogP contribution in [-0.4, -0.2) is 21.1 Å². The van der Waals surface area contributed by atoms with Crippen LogP contribution < -0.4 is 4.74 Å². The van der Waals surface area contributed by atoms with Gasteiger partial charge in [0.05, 0.1) is 0 Å². The van der Waals surface area contributed by atoms with Crippen LogP contribution in [0.25, 0.3) is 32.9 Å². The Kier molecular flexibility index (Phi) is 3.23. The zero-order valence-electron chi connectivity index (χ0n) is 14.1. The van der Waals surface area contributed by atoms with Crippen LogP contribution >= 0.6 is 0 Å². The number of hydrogen-bond donors (Lipinski definition) is 1. The molecule has 4 nitrogen and oxygen atoms in total. The number of ether oxygens (including phenoxy) is 1. The Balaban J connectivity index is 1.53. The fourth-order valence-electron chi connectivity index (χ4n) is 3.42. The van der Waals surface area contributed by atoms with Crippen molar-refractivity contribution >= 4 is 21.8 Å². The number of rotatable bonds is 3. The third kappa shape index (κ3) is 2.45. The monoisotopic (exact) mass is 329 g/mol. The Bertz CT molecular complexity index is 1080. The van der Waals surface area contributed by atoms with Crippen LogP contribution in [0.3, 0.4) is 0 Å². The number of pyridine rings is 2. The van der Waals surface area contributed by atoms with Gasteiger partial charge in [-0.05, 0) is 49.9 Å². The Morgan fingerprint density at radius 1 is 1.00 bits per heavy atom. The van der Waals surface area contributed by atoms with E-state index < -0.39 is 0 Å². The average Bonchev–Trinajstić information content (AvgIpc) is 2.96. The lowest BCUT2D eigenvalue weighted by molar-refractivity contribution is 0.114. The van der Waals surface area contributed by atoms with Crippen molar-refractivity contribution in [3.05, 3.63) is 54.5 Å². The Morgan fingerprint density at radius 2 is 1.92 bits per heavy atom. The average molecular weight is 329 g/mol. The van der Waals surface area contributed by atoms with E-state index in [2.05, 4.69) is 46.1 Å². The second-order valence-electron chi connectivity index (χ2n) is 6.82. The molecule has 1 fully saturated rings. The van der Waals surface area contributed by atoms with Gasteiger partial charge >= 0.3 is 0 Å². The number of benzene rings is 1. The lowest BCUT2D eigenvalue weighted by Gasteiger charge is -2.26. The molecule has 3 heterocycles. The standard InChI is InChI=1S/C21H19N3O/c1-13-9-15(11-23-21(13)25-16-3-2-4-16)14-5-6-17-18-12-22-8-7-19(18)24-20(17)10-14/h5-12,16,24H,2-4H2,1H3. The molecule has 0 saturated heterocycles. The Hall–Kier alpha value is -2.88.